The van der Waals surface area contributed by atoms with Crippen molar-refractivity contribution in [3.05, 3.63) is 64.2 Å². The number of anilines is 2. The van der Waals surface area contributed by atoms with Gasteiger partial charge in [-0.05, 0) is 6.07 Å². The number of amides is 2. The number of hydrazine groups is 2. The smallest absolute Gasteiger partial charge is 0.433 e. The van der Waals surface area contributed by atoms with Gasteiger partial charge in [-0.2, -0.15) is 0 Å². The van der Waals surface area contributed by atoms with Gasteiger partial charge in [0.2, 0.25) is 5.76 Å². The molecule has 2 N–H and O–H groups in total. The predicted octanol–water partition coefficient (Wildman–Crippen LogP) is 1.62. The lowest BCUT2D eigenvalue weighted by atomic mass is 10.2. The number of hydrogen-bond acceptors (Lipinski definition) is 11. The van der Waals surface area contributed by atoms with Gasteiger partial charge in [-0.1, -0.05) is 0 Å². The molecular weight excluding hydrogens is 512 g/mol. The Bertz CT molecular complexity index is 1330. The van der Waals surface area contributed by atoms with Crippen molar-refractivity contribution in [2.45, 2.75) is 18.1 Å². The van der Waals surface area contributed by atoms with Crippen LogP contribution in [-0.2, 0) is 9.57 Å². The zero-order valence-electron chi connectivity index (χ0n) is 19.6. The van der Waals surface area contributed by atoms with E-state index in [0.717, 1.165) is 29.3 Å². The molecule has 1 aromatic carbocycles. The number of rotatable bonds is 5. The molecule has 4 heterocycles. The van der Waals surface area contributed by atoms with Gasteiger partial charge in [-0.3, -0.25) is 29.7 Å². The summed E-state index contributed by atoms with van der Waals surface area (Å²) in [6.07, 6.45) is 3.33. The predicted molar refractivity (Wildman–Crippen MR) is 123 cm³/mol. The minimum absolute atomic E-state index is 0.00264. The van der Waals surface area contributed by atoms with Crippen LogP contribution in [0.25, 0.3) is 0 Å². The lowest BCUT2D eigenvalue weighted by Crippen LogP contribution is -2.41. The lowest BCUT2D eigenvalue weighted by Gasteiger charge is -2.24. The second-order valence-electron chi connectivity index (χ2n) is 9.10. The Hall–Kier alpha value is -4.44. The highest BCUT2D eigenvalue weighted by Crippen LogP contribution is 2.49. The second-order valence-corrected chi connectivity index (χ2v) is 9.10. The maximum absolute atomic E-state index is 15.2. The fraction of sp³-hybridized carbons (Fsp3) is 0.364. The third-order valence-electron chi connectivity index (χ3n) is 6.79. The maximum atomic E-state index is 15.2. The Kier molecular flexibility index (Phi) is 5.57. The first kappa shape index (κ1) is 23.9. The first-order valence-electron chi connectivity index (χ1n) is 11.7. The van der Waals surface area contributed by atoms with Gasteiger partial charge in [-0.15, -0.1) is 5.53 Å². The Morgan fingerprint density at radius 2 is 1.97 bits per heavy atom. The van der Waals surface area contributed by atoms with Crippen molar-refractivity contribution in [2.75, 3.05) is 42.6 Å². The summed E-state index contributed by atoms with van der Waals surface area (Å²) in [6, 6.07) is 4.22. The minimum atomic E-state index is -0.893. The summed E-state index contributed by atoms with van der Waals surface area (Å²) in [4.78, 5) is 43.2. The Morgan fingerprint density at radius 1 is 1.18 bits per heavy atom. The normalized spacial score (nSPS) is 24.6. The van der Waals surface area contributed by atoms with E-state index < -0.39 is 40.0 Å². The van der Waals surface area contributed by atoms with E-state index in [1.165, 1.54) is 9.80 Å². The van der Waals surface area contributed by atoms with E-state index in [-0.39, 0.29) is 56.0 Å². The number of benzene rings is 1. The number of hydroxylamine groups is 2. The van der Waals surface area contributed by atoms with Crippen LogP contribution in [0.2, 0.25) is 0 Å². The number of carbonyl (C=O) groups is 2. The van der Waals surface area contributed by atoms with Crippen molar-refractivity contribution in [1.82, 2.24) is 21.0 Å². The van der Waals surface area contributed by atoms with Gasteiger partial charge in [0.15, 0.2) is 17.2 Å². The van der Waals surface area contributed by atoms with Crippen LogP contribution in [0.4, 0.5) is 30.8 Å². The summed E-state index contributed by atoms with van der Waals surface area (Å²) in [5.74, 6) is -3.44. The van der Waals surface area contributed by atoms with Crippen molar-refractivity contribution >= 4 is 29.3 Å². The van der Waals surface area contributed by atoms with E-state index >= 15 is 8.78 Å². The van der Waals surface area contributed by atoms with Crippen molar-refractivity contribution in [1.29, 1.82) is 0 Å². The topological polar surface area (TPSA) is 146 Å². The monoisotopic (exact) mass is 533 g/mol. The fourth-order valence-electron chi connectivity index (χ4n) is 4.84. The number of carbonyl (C=O) groups excluding carboxylic acids is 2. The Morgan fingerprint density at radius 3 is 2.66 bits per heavy atom. The van der Waals surface area contributed by atoms with Crippen molar-refractivity contribution in [2.24, 2.45) is 0 Å². The zero-order chi connectivity index (χ0) is 26.6. The summed E-state index contributed by atoms with van der Waals surface area (Å²) in [7, 11) is 0. The summed E-state index contributed by atoms with van der Waals surface area (Å²) in [6.45, 7) is 0.00864. The molecule has 1 spiro atoms. The molecule has 0 radical (unpaired) electrons. The Labute approximate surface area is 213 Å². The molecule has 2 amide bonds. The molecule has 16 heteroatoms. The standard InChI is InChI=1S/C22H21F2N7O7/c23-14-9-13(28-12-22(38-21(28)33)11-17(22)29-4-3-25-26-29)10-15(24)19(14)27-5-6-30(36-8-7-27)20(32)16-1-2-18(37-16)31(34)35/h1-4,9-10,17,25-26H,5-8,11-12H2. The van der Waals surface area contributed by atoms with Crippen LogP contribution < -0.4 is 20.8 Å². The van der Waals surface area contributed by atoms with Gasteiger partial charge < -0.3 is 19.5 Å². The molecule has 2 unspecified atom stereocenters. The quantitative estimate of drug-likeness (QED) is 0.427. The molecule has 1 aromatic heterocycles. The van der Waals surface area contributed by atoms with Crippen LogP contribution in [0.15, 0.2) is 41.1 Å². The SMILES string of the molecule is O=C(c1ccc([N+](=O)[O-])o1)N1CCN(c2c(F)cc(N3CC4(CC4N4C=CNN4)OC3=O)cc2F)CCO1. The van der Waals surface area contributed by atoms with Gasteiger partial charge in [0.1, 0.15) is 10.6 Å². The summed E-state index contributed by atoms with van der Waals surface area (Å²) in [5.41, 5.74) is 4.63. The number of furan rings is 1. The first-order chi connectivity index (χ1) is 18.3. The van der Waals surface area contributed by atoms with E-state index in [9.17, 15) is 19.7 Å². The van der Waals surface area contributed by atoms with Gasteiger partial charge in [-0.25, -0.2) is 18.6 Å². The highest BCUT2D eigenvalue weighted by Gasteiger charge is 2.66. The van der Waals surface area contributed by atoms with Crippen LogP contribution in [0, 0.1) is 21.7 Å². The van der Waals surface area contributed by atoms with Crippen LogP contribution in [-0.4, -0.2) is 71.4 Å². The van der Waals surface area contributed by atoms with E-state index in [2.05, 4.69) is 11.0 Å². The fourth-order valence-corrected chi connectivity index (χ4v) is 4.84. The molecule has 0 bridgehead atoms. The lowest BCUT2D eigenvalue weighted by molar-refractivity contribution is -0.402. The van der Waals surface area contributed by atoms with Crippen molar-refractivity contribution < 1.29 is 37.3 Å². The number of halogens is 2. The number of ether oxygens (including phenoxy) is 1. The molecule has 3 aliphatic heterocycles. The van der Waals surface area contributed by atoms with E-state index in [1.807, 2.05) is 0 Å². The number of hydrogen-bond donors (Lipinski definition) is 2. The average molecular weight is 533 g/mol. The summed E-state index contributed by atoms with van der Waals surface area (Å²) in [5, 5.41) is 13.5. The van der Waals surface area contributed by atoms with Crippen molar-refractivity contribution in [3.63, 3.8) is 0 Å². The molecule has 200 valence electrons. The number of nitrogens with one attached hydrogen (secondary N) is 2. The molecule has 4 aliphatic rings. The zero-order valence-corrected chi connectivity index (χ0v) is 19.6. The maximum Gasteiger partial charge on any atom is 0.433 e. The molecule has 3 fully saturated rings. The Balaban J connectivity index is 1.14. The molecule has 1 saturated carbocycles. The van der Waals surface area contributed by atoms with E-state index in [1.54, 1.807) is 17.4 Å². The van der Waals surface area contributed by atoms with Gasteiger partial charge in [0.05, 0.1) is 37.5 Å². The molecule has 2 saturated heterocycles. The number of nitrogens with zero attached hydrogens (tertiary/aromatic N) is 5. The average Bonchev–Trinajstić information content (AvgIpc) is 3.24. The largest absolute Gasteiger partial charge is 0.438 e. The third kappa shape index (κ3) is 4.03. The molecule has 2 aromatic rings. The number of nitro groups is 1. The summed E-state index contributed by atoms with van der Waals surface area (Å²) < 4.78 is 41.0. The minimum Gasteiger partial charge on any atom is -0.438 e. The van der Waals surface area contributed by atoms with Crippen LogP contribution in [0.3, 0.4) is 0 Å². The third-order valence-corrected chi connectivity index (χ3v) is 6.79. The molecule has 1 aliphatic carbocycles. The van der Waals surface area contributed by atoms with Crippen molar-refractivity contribution in [3.8, 4) is 0 Å². The molecule has 6 rings (SSSR count). The molecule has 2 atom stereocenters. The second kappa shape index (κ2) is 8.84. The van der Waals surface area contributed by atoms with E-state index in [0.29, 0.717) is 6.42 Å². The highest BCUT2D eigenvalue weighted by molar-refractivity contribution is 5.92. The summed E-state index contributed by atoms with van der Waals surface area (Å²) >= 11 is 0. The molecule has 38 heavy (non-hydrogen) atoms. The molecule has 14 nitrogen and oxygen atoms in total. The molecular formula is C22H21F2N7O7. The van der Waals surface area contributed by atoms with Gasteiger partial charge in [0, 0.05) is 44.0 Å². The highest BCUT2D eigenvalue weighted by atomic mass is 19.1. The van der Waals surface area contributed by atoms with Gasteiger partial charge in [0.25, 0.3) is 0 Å². The van der Waals surface area contributed by atoms with Crippen LogP contribution in [0.5, 0.6) is 0 Å². The van der Waals surface area contributed by atoms with Gasteiger partial charge >= 0.3 is 17.9 Å². The van der Waals surface area contributed by atoms with Crippen LogP contribution >= 0.6 is 0 Å². The van der Waals surface area contributed by atoms with Crippen LogP contribution in [0.1, 0.15) is 17.0 Å². The first-order valence-corrected chi connectivity index (χ1v) is 11.7. The van der Waals surface area contributed by atoms with E-state index in [4.69, 9.17) is 14.0 Å².